The Morgan fingerprint density at radius 3 is 2.86 bits per heavy atom. The van der Waals surface area contributed by atoms with Crippen molar-refractivity contribution >= 4 is 10.9 Å². The second-order valence-electron chi connectivity index (χ2n) is 7.78. The average molecular weight is 372 g/mol. The van der Waals surface area contributed by atoms with E-state index in [4.69, 9.17) is 4.42 Å². The Morgan fingerprint density at radius 2 is 1.96 bits per heavy atom. The average Bonchev–Trinajstić information content (AvgIpc) is 3.44. The van der Waals surface area contributed by atoms with Gasteiger partial charge in [0, 0.05) is 30.2 Å². The van der Waals surface area contributed by atoms with Gasteiger partial charge in [0.1, 0.15) is 0 Å². The van der Waals surface area contributed by atoms with E-state index in [1.807, 2.05) is 12.3 Å². The second kappa shape index (κ2) is 7.24. The lowest BCUT2D eigenvalue weighted by Crippen LogP contribution is -2.19. The quantitative estimate of drug-likeness (QED) is 0.563. The van der Waals surface area contributed by atoms with Gasteiger partial charge in [-0.05, 0) is 37.1 Å². The Balaban J connectivity index is 1.24. The highest BCUT2D eigenvalue weighted by molar-refractivity contribution is 5.83. The van der Waals surface area contributed by atoms with Crippen molar-refractivity contribution in [1.29, 1.82) is 0 Å². The summed E-state index contributed by atoms with van der Waals surface area (Å²) in [5, 5.41) is 9.89. The van der Waals surface area contributed by atoms with E-state index in [1.165, 1.54) is 22.1 Å². The lowest BCUT2D eigenvalue weighted by molar-refractivity contribution is 0.318. The fourth-order valence-corrected chi connectivity index (χ4v) is 4.07. The number of para-hydroxylation sites is 1. The Hall–Kier alpha value is -2.92. The predicted octanol–water partition coefficient (Wildman–Crippen LogP) is 4.44. The fraction of sp³-hybridized carbons (Fsp3) is 0.304. The lowest BCUT2D eigenvalue weighted by Gasteiger charge is -2.15. The SMILES string of the molecule is Cc1ccc(CN2CCC(c3nnc(Cc4c[nH]c5ccccc45)o3)C2)cc1. The number of hydrogen-bond acceptors (Lipinski definition) is 4. The summed E-state index contributed by atoms with van der Waals surface area (Å²) < 4.78 is 6.04. The minimum atomic E-state index is 0.328. The fourth-order valence-electron chi connectivity index (χ4n) is 4.07. The molecule has 0 saturated carbocycles. The molecule has 1 saturated heterocycles. The van der Waals surface area contributed by atoms with Gasteiger partial charge in [0.2, 0.25) is 11.8 Å². The van der Waals surface area contributed by atoms with Crippen molar-refractivity contribution in [2.75, 3.05) is 13.1 Å². The smallest absolute Gasteiger partial charge is 0.221 e. The first-order valence-electron chi connectivity index (χ1n) is 9.90. The molecule has 1 aliphatic heterocycles. The number of nitrogens with zero attached hydrogens (tertiary/aromatic N) is 3. The number of benzene rings is 2. The van der Waals surface area contributed by atoms with E-state index < -0.39 is 0 Å². The van der Waals surface area contributed by atoms with Crippen molar-refractivity contribution in [3.8, 4) is 0 Å². The number of likely N-dealkylation sites (tertiary alicyclic amines) is 1. The summed E-state index contributed by atoms with van der Waals surface area (Å²) in [4.78, 5) is 5.78. The maximum absolute atomic E-state index is 6.04. The van der Waals surface area contributed by atoms with Crippen LogP contribution >= 0.6 is 0 Å². The van der Waals surface area contributed by atoms with Crippen molar-refractivity contribution in [1.82, 2.24) is 20.1 Å². The van der Waals surface area contributed by atoms with Crippen LogP contribution in [0, 0.1) is 6.92 Å². The van der Waals surface area contributed by atoms with Gasteiger partial charge < -0.3 is 9.40 Å². The largest absolute Gasteiger partial charge is 0.425 e. The van der Waals surface area contributed by atoms with Crippen LogP contribution in [-0.4, -0.2) is 33.2 Å². The number of fused-ring (bicyclic) bond motifs is 1. The summed E-state index contributed by atoms with van der Waals surface area (Å²) in [6, 6.07) is 17.1. The molecule has 0 amide bonds. The molecule has 0 bridgehead atoms. The van der Waals surface area contributed by atoms with E-state index in [1.54, 1.807) is 0 Å². The molecule has 1 fully saturated rings. The molecule has 5 heteroatoms. The van der Waals surface area contributed by atoms with E-state index >= 15 is 0 Å². The molecule has 1 aliphatic rings. The highest BCUT2D eigenvalue weighted by Gasteiger charge is 2.28. The molecule has 3 heterocycles. The first-order chi connectivity index (χ1) is 13.7. The van der Waals surface area contributed by atoms with Crippen LogP contribution in [0.2, 0.25) is 0 Å². The molecule has 5 nitrogen and oxygen atoms in total. The van der Waals surface area contributed by atoms with Gasteiger partial charge >= 0.3 is 0 Å². The van der Waals surface area contributed by atoms with Gasteiger partial charge in [-0.1, -0.05) is 48.0 Å². The van der Waals surface area contributed by atoms with Crippen molar-refractivity contribution in [3.05, 3.63) is 83.2 Å². The van der Waals surface area contributed by atoms with Gasteiger partial charge in [0.15, 0.2) is 0 Å². The third-order valence-electron chi connectivity index (χ3n) is 5.65. The van der Waals surface area contributed by atoms with Crippen molar-refractivity contribution < 1.29 is 4.42 Å². The molecule has 1 N–H and O–H groups in total. The molecule has 5 rings (SSSR count). The molecule has 0 aliphatic carbocycles. The number of nitrogens with one attached hydrogen (secondary N) is 1. The molecule has 1 atom stereocenters. The van der Waals surface area contributed by atoms with Gasteiger partial charge in [0.05, 0.1) is 12.3 Å². The van der Waals surface area contributed by atoms with Crippen molar-refractivity contribution in [2.24, 2.45) is 0 Å². The summed E-state index contributed by atoms with van der Waals surface area (Å²) in [7, 11) is 0. The van der Waals surface area contributed by atoms with E-state index in [0.717, 1.165) is 37.5 Å². The Bertz CT molecular complexity index is 1080. The summed E-state index contributed by atoms with van der Waals surface area (Å²) in [5.41, 5.74) is 4.99. The standard InChI is InChI=1S/C23H24N4O/c1-16-6-8-17(9-7-16)14-27-11-10-18(15-27)23-26-25-22(28-23)12-19-13-24-21-5-3-2-4-20(19)21/h2-9,13,18,24H,10-12,14-15H2,1H3. The monoisotopic (exact) mass is 372 g/mol. The lowest BCUT2D eigenvalue weighted by atomic mass is 10.1. The van der Waals surface area contributed by atoms with Crippen LogP contribution in [0.15, 0.2) is 59.1 Å². The molecule has 0 spiro atoms. The number of hydrogen-bond donors (Lipinski definition) is 1. The summed E-state index contributed by atoms with van der Waals surface area (Å²) >= 11 is 0. The number of aryl methyl sites for hydroxylation is 1. The van der Waals surface area contributed by atoms with E-state index in [0.29, 0.717) is 18.2 Å². The van der Waals surface area contributed by atoms with Gasteiger partial charge in [-0.3, -0.25) is 4.90 Å². The summed E-state index contributed by atoms with van der Waals surface area (Å²) in [5.74, 6) is 1.80. The molecular formula is C23H24N4O. The van der Waals surface area contributed by atoms with Crippen LogP contribution in [-0.2, 0) is 13.0 Å². The van der Waals surface area contributed by atoms with E-state index in [-0.39, 0.29) is 0 Å². The van der Waals surface area contributed by atoms with Crippen molar-refractivity contribution in [2.45, 2.75) is 32.2 Å². The van der Waals surface area contributed by atoms with Gasteiger partial charge in [-0.15, -0.1) is 10.2 Å². The highest BCUT2D eigenvalue weighted by atomic mass is 16.4. The maximum Gasteiger partial charge on any atom is 0.221 e. The number of rotatable bonds is 5. The van der Waals surface area contributed by atoms with E-state index in [2.05, 4.69) is 69.5 Å². The second-order valence-corrected chi connectivity index (χ2v) is 7.78. The van der Waals surface area contributed by atoms with Crippen LogP contribution in [0.4, 0.5) is 0 Å². The number of H-pyrrole nitrogens is 1. The van der Waals surface area contributed by atoms with Crippen LogP contribution in [0.5, 0.6) is 0 Å². The molecule has 0 radical (unpaired) electrons. The molecule has 2 aromatic heterocycles. The maximum atomic E-state index is 6.04. The number of aromatic nitrogens is 3. The summed E-state index contributed by atoms with van der Waals surface area (Å²) in [6.07, 6.45) is 3.77. The Kier molecular flexibility index (Phi) is 4.45. The summed E-state index contributed by atoms with van der Waals surface area (Å²) in [6.45, 7) is 5.15. The molecule has 4 aromatic rings. The van der Waals surface area contributed by atoms with Crippen molar-refractivity contribution in [3.63, 3.8) is 0 Å². The Morgan fingerprint density at radius 1 is 1.11 bits per heavy atom. The van der Waals surface area contributed by atoms with Crippen LogP contribution in [0.25, 0.3) is 10.9 Å². The van der Waals surface area contributed by atoms with Crippen LogP contribution < -0.4 is 0 Å². The minimum absolute atomic E-state index is 0.328. The molecular weight excluding hydrogens is 348 g/mol. The molecule has 1 unspecified atom stereocenters. The molecule has 2 aromatic carbocycles. The van der Waals surface area contributed by atoms with Crippen LogP contribution in [0.3, 0.4) is 0 Å². The zero-order valence-corrected chi connectivity index (χ0v) is 16.1. The first kappa shape index (κ1) is 17.2. The minimum Gasteiger partial charge on any atom is -0.425 e. The zero-order chi connectivity index (χ0) is 18.9. The number of aromatic amines is 1. The topological polar surface area (TPSA) is 58.0 Å². The third-order valence-corrected chi connectivity index (χ3v) is 5.65. The normalized spacial score (nSPS) is 17.5. The van der Waals surface area contributed by atoms with Crippen LogP contribution in [0.1, 0.15) is 40.8 Å². The van der Waals surface area contributed by atoms with Gasteiger partial charge in [-0.2, -0.15) is 0 Å². The Labute approximate surface area is 164 Å². The molecule has 142 valence electrons. The first-order valence-corrected chi connectivity index (χ1v) is 9.90. The predicted molar refractivity (Wildman–Crippen MR) is 109 cm³/mol. The zero-order valence-electron chi connectivity index (χ0n) is 16.1. The third kappa shape index (κ3) is 3.45. The van der Waals surface area contributed by atoms with E-state index in [9.17, 15) is 0 Å². The molecule has 28 heavy (non-hydrogen) atoms. The van der Waals surface area contributed by atoms with Gasteiger partial charge in [-0.25, -0.2) is 0 Å². The highest BCUT2D eigenvalue weighted by Crippen LogP contribution is 2.28. The van der Waals surface area contributed by atoms with Gasteiger partial charge in [0.25, 0.3) is 0 Å².